The molecule has 0 aliphatic carbocycles. The molecule has 0 N–H and O–H groups in total. The lowest BCUT2D eigenvalue weighted by atomic mass is 10.1. The Kier molecular flexibility index (Phi) is 4.26. The molecule has 0 saturated heterocycles. The van der Waals surface area contributed by atoms with Gasteiger partial charge >= 0.3 is 12.1 Å². The molecule has 0 aliphatic rings. The minimum atomic E-state index is -4.62. The summed E-state index contributed by atoms with van der Waals surface area (Å²) in [6.07, 6.45) is -4.62. The number of pyridine rings is 1. The van der Waals surface area contributed by atoms with E-state index in [4.69, 9.17) is 5.26 Å². The first-order valence-electron chi connectivity index (χ1n) is 5.00. The summed E-state index contributed by atoms with van der Waals surface area (Å²) in [7, 11) is 0. The van der Waals surface area contributed by atoms with Crippen LogP contribution in [-0.2, 0) is 15.7 Å². The molecular formula is C11H9F3N2O2. The van der Waals surface area contributed by atoms with Crippen molar-refractivity contribution in [2.45, 2.75) is 19.0 Å². The number of aromatic nitrogens is 1. The Bertz CT molecular complexity index is 480. The largest absolute Gasteiger partial charge is 0.465 e. The second kappa shape index (κ2) is 5.49. The van der Waals surface area contributed by atoms with E-state index in [0.717, 1.165) is 12.1 Å². The highest BCUT2D eigenvalue weighted by molar-refractivity contribution is 5.80. The summed E-state index contributed by atoms with van der Waals surface area (Å²) in [4.78, 5) is 14.6. The number of hydrogen-bond acceptors (Lipinski definition) is 4. The molecule has 1 aromatic rings. The van der Waals surface area contributed by atoms with Crippen LogP contribution in [-0.4, -0.2) is 17.6 Å². The predicted molar refractivity (Wildman–Crippen MR) is 54.2 cm³/mol. The first-order valence-corrected chi connectivity index (χ1v) is 5.00. The normalized spacial score (nSPS) is 12.6. The molecule has 96 valence electrons. The van der Waals surface area contributed by atoms with Gasteiger partial charge in [0.2, 0.25) is 0 Å². The lowest BCUT2D eigenvalue weighted by Crippen LogP contribution is -2.17. The number of nitrogens with zero attached hydrogens (tertiary/aromatic N) is 2. The van der Waals surface area contributed by atoms with Gasteiger partial charge in [-0.15, -0.1) is 0 Å². The molecule has 1 heterocycles. The van der Waals surface area contributed by atoms with E-state index < -0.39 is 23.8 Å². The van der Waals surface area contributed by atoms with Crippen molar-refractivity contribution >= 4 is 5.97 Å². The van der Waals surface area contributed by atoms with Gasteiger partial charge in [0.05, 0.1) is 18.4 Å². The molecule has 0 saturated carbocycles. The Morgan fingerprint density at radius 1 is 1.56 bits per heavy atom. The lowest BCUT2D eigenvalue weighted by Gasteiger charge is -2.10. The van der Waals surface area contributed by atoms with Crippen molar-refractivity contribution in [3.05, 3.63) is 29.6 Å². The molecule has 0 unspecified atom stereocenters. The maximum absolute atomic E-state index is 12.4. The summed E-state index contributed by atoms with van der Waals surface area (Å²) in [6.45, 7) is 1.57. The standard InChI is InChI=1S/C11H9F3N2O2/c1-2-18-10(17)7(6-15)8-4-3-5-9(16-8)11(12,13)14/h3-5,7H,2H2,1H3/t7-/m1/s1. The molecule has 7 heteroatoms. The average molecular weight is 258 g/mol. The van der Waals surface area contributed by atoms with Gasteiger partial charge < -0.3 is 4.74 Å². The first kappa shape index (κ1) is 14.0. The quantitative estimate of drug-likeness (QED) is 0.780. The summed E-state index contributed by atoms with van der Waals surface area (Å²) in [5, 5.41) is 8.80. The van der Waals surface area contributed by atoms with Crippen molar-refractivity contribution in [3.8, 4) is 6.07 Å². The molecule has 1 rings (SSSR count). The summed E-state index contributed by atoms with van der Waals surface area (Å²) >= 11 is 0. The molecule has 0 aliphatic heterocycles. The average Bonchev–Trinajstić information content (AvgIpc) is 2.29. The minimum Gasteiger partial charge on any atom is -0.465 e. The maximum atomic E-state index is 12.4. The fourth-order valence-electron chi connectivity index (χ4n) is 1.24. The molecule has 0 bridgehead atoms. The number of halogens is 3. The van der Waals surface area contributed by atoms with Crippen molar-refractivity contribution in [1.82, 2.24) is 4.98 Å². The van der Waals surface area contributed by atoms with Gasteiger partial charge in [-0.05, 0) is 19.1 Å². The van der Waals surface area contributed by atoms with Crippen molar-refractivity contribution in [3.63, 3.8) is 0 Å². The van der Waals surface area contributed by atoms with Crippen molar-refractivity contribution < 1.29 is 22.7 Å². The van der Waals surface area contributed by atoms with Gasteiger partial charge in [0.25, 0.3) is 0 Å². The van der Waals surface area contributed by atoms with Gasteiger partial charge in [-0.1, -0.05) is 6.07 Å². The fraction of sp³-hybridized carbons (Fsp3) is 0.364. The highest BCUT2D eigenvalue weighted by atomic mass is 19.4. The van der Waals surface area contributed by atoms with Crippen molar-refractivity contribution in [1.29, 1.82) is 5.26 Å². The van der Waals surface area contributed by atoms with Crippen molar-refractivity contribution in [2.75, 3.05) is 6.61 Å². The monoisotopic (exact) mass is 258 g/mol. The van der Waals surface area contributed by atoms with E-state index in [-0.39, 0.29) is 12.3 Å². The zero-order valence-electron chi connectivity index (χ0n) is 9.36. The van der Waals surface area contributed by atoms with Gasteiger partial charge in [-0.3, -0.25) is 4.79 Å². The smallest absolute Gasteiger partial charge is 0.433 e. The van der Waals surface area contributed by atoms with Gasteiger partial charge in [-0.25, -0.2) is 4.98 Å². The van der Waals surface area contributed by atoms with Gasteiger partial charge in [-0.2, -0.15) is 18.4 Å². The van der Waals surface area contributed by atoms with Crippen LogP contribution >= 0.6 is 0 Å². The van der Waals surface area contributed by atoms with Gasteiger partial charge in [0.15, 0.2) is 5.92 Å². The number of carbonyl (C=O) groups excluding carboxylic acids is 1. The number of esters is 1. The molecule has 0 aromatic carbocycles. The van der Waals surface area contributed by atoms with E-state index >= 15 is 0 Å². The molecule has 18 heavy (non-hydrogen) atoms. The third-order valence-electron chi connectivity index (χ3n) is 2.01. The van der Waals surface area contributed by atoms with Crippen LogP contribution in [0, 0.1) is 11.3 Å². The number of hydrogen-bond donors (Lipinski definition) is 0. The lowest BCUT2D eigenvalue weighted by molar-refractivity contribution is -0.145. The predicted octanol–water partition coefficient (Wildman–Crippen LogP) is 2.27. The molecule has 1 atom stereocenters. The van der Waals surface area contributed by atoms with Crippen LogP contribution in [0.1, 0.15) is 24.2 Å². The Hall–Kier alpha value is -2.10. The van der Waals surface area contributed by atoms with Crippen LogP contribution in [0.15, 0.2) is 18.2 Å². The molecular weight excluding hydrogens is 249 g/mol. The number of alkyl halides is 3. The summed E-state index contributed by atoms with van der Waals surface area (Å²) in [5.41, 5.74) is -1.42. The second-order valence-electron chi connectivity index (χ2n) is 3.26. The number of ether oxygens (including phenoxy) is 1. The van der Waals surface area contributed by atoms with E-state index in [1.54, 1.807) is 6.07 Å². The van der Waals surface area contributed by atoms with E-state index in [1.807, 2.05) is 0 Å². The Morgan fingerprint density at radius 3 is 2.72 bits per heavy atom. The highest BCUT2D eigenvalue weighted by Crippen LogP contribution is 2.28. The molecule has 1 aromatic heterocycles. The third kappa shape index (κ3) is 3.20. The summed E-state index contributed by atoms with van der Waals surface area (Å²) in [6, 6.07) is 4.62. The van der Waals surface area contributed by atoms with E-state index in [1.165, 1.54) is 13.0 Å². The van der Waals surface area contributed by atoms with Crippen LogP contribution in [0.4, 0.5) is 13.2 Å². The van der Waals surface area contributed by atoms with Crippen molar-refractivity contribution in [2.24, 2.45) is 0 Å². The Morgan fingerprint density at radius 2 is 2.22 bits per heavy atom. The first-order chi connectivity index (χ1) is 8.40. The number of nitriles is 1. The summed E-state index contributed by atoms with van der Waals surface area (Å²) < 4.78 is 41.9. The fourth-order valence-corrected chi connectivity index (χ4v) is 1.24. The Labute approximate surface area is 101 Å². The zero-order valence-corrected chi connectivity index (χ0v) is 9.36. The molecule has 4 nitrogen and oxygen atoms in total. The van der Waals surface area contributed by atoms with E-state index in [9.17, 15) is 18.0 Å². The topological polar surface area (TPSA) is 63.0 Å². The number of carbonyl (C=O) groups is 1. The molecule has 0 fully saturated rings. The van der Waals surface area contributed by atoms with Crippen LogP contribution in [0.25, 0.3) is 0 Å². The van der Waals surface area contributed by atoms with Gasteiger partial charge in [0, 0.05) is 0 Å². The molecule has 0 radical (unpaired) electrons. The SMILES string of the molecule is CCOC(=O)[C@H](C#N)c1cccc(C(F)(F)F)n1. The zero-order chi connectivity index (χ0) is 13.8. The second-order valence-corrected chi connectivity index (χ2v) is 3.26. The van der Waals surface area contributed by atoms with E-state index in [0.29, 0.717) is 0 Å². The molecule has 0 spiro atoms. The Balaban J connectivity index is 3.09. The highest BCUT2D eigenvalue weighted by Gasteiger charge is 2.34. The minimum absolute atomic E-state index is 0.0377. The van der Waals surface area contributed by atoms with Crippen LogP contribution < -0.4 is 0 Å². The van der Waals surface area contributed by atoms with E-state index in [2.05, 4.69) is 9.72 Å². The van der Waals surface area contributed by atoms with Gasteiger partial charge in [0.1, 0.15) is 5.69 Å². The van der Waals surface area contributed by atoms with Crippen LogP contribution in [0.5, 0.6) is 0 Å². The van der Waals surface area contributed by atoms with Crippen LogP contribution in [0.3, 0.4) is 0 Å². The van der Waals surface area contributed by atoms with Crippen LogP contribution in [0.2, 0.25) is 0 Å². The maximum Gasteiger partial charge on any atom is 0.433 e. The number of rotatable bonds is 3. The molecule has 0 amide bonds. The third-order valence-corrected chi connectivity index (χ3v) is 2.01. The summed E-state index contributed by atoms with van der Waals surface area (Å²) in [5.74, 6) is -2.36.